The van der Waals surface area contributed by atoms with E-state index in [1.807, 2.05) is 24.3 Å². The van der Waals surface area contributed by atoms with E-state index in [0.29, 0.717) is 11.6 Å². The molecule has 3 N–H and O–H groups in total. The summed E-state index contributed by atoms with van der Waals surface area (Å²) >= 11 is 11.0. The molecular weight excluding hydrogens is 483 g/mol. The Labute approximate surface area is 217 Å². The van der Waals surface area contributed by atoms with Crippen molar-refractivity contribution in [1.82, 2.24) is 5.43 Å². The lowest BCUT2D eigenvalue weighted by atomic mass is 9.86. The first kappa shape index (κ1) is 25.5. The van der Waals surface area contributed by atoms with Gasteiger partial charge in [0.1, 0.15) is 5.82 Å². The molecule has 0 spiro atoms. The van der Waals surface area contributed by atoms with Crippen molar-refractivity contribution in [2.45, 2.75) is 26.7 Å². The highest BCUT2D eigenvalue weighted by molar-refractivity contribution is 7.80. The Morgan fingerprint density at radius 3 is 2.34 bits per heavy atom. The van der Waals surface area contributed by atoms with Gasteiger partial charge >= 0.3 is 0 Å². The van der Waals surface area contributed by atoms with Gasteiger partial charge in [-0.3, -0.25) is 5.43 Å². The number of nitrogens with two attached hydrogens (primary N) is 1. The average Bonchev–Trinajstić information content (AvgIpc) is 2.84. The summed E-state index contributed by atoms with van der Waals surface area (Å²) in [6.07, 6.45) is 3.86. The van der Waals surface area contributed by atoms with Crippen LogP contribution in [0.5, 0.6) is 0 Å². The number of piperidine rings is 1. The molecule has 35 heavy (non-hydrogen) atoms. The van der Waals surface area contributed by atoms with Gasteiger partial charge in [0, 0.05) is 61.2 Å². The zero-order valence-electron chi connectivity index (χ0n) is 20.4. The second-order valence-electron chi connectivity index (χ2n) is 9.62. The van der Waals surface area contributed by atoms with Crippen molar-refractivity contribution in [3.8, 4) is 0 Å². The number of hydrogen-bond donors (Lipinski definition) is 2. The van der Waals surface area contributed by atoms with Gasteiger partial charge in [-0.15, -0.1) is 0 Å². The van der Waals surface area contributed by atoms with Crippen LogP contribution in [0.4, 0.5) is 21.5 Å². The molecule has 2 aromatic carbocycles. The first-order valence-electron chi connectivity index (χ1n) is 12.2. The summed E-state index contributed by atoms with van der Waals surface area (Å²) in [7, 11) is 0. The predicted molar refractivity (Wildman–Crippen MR) is 150 cm³/mol. The monoisotopic (exact) mass is 516 g/mol. The van der Waals surface area contributed by atoms with E-state index in [-0.39, 0.29) is 10.9 Å². The Morgan fingerprint density at radius 1 is 1.06 bits per heavy atom. The van der Waals surface area contributed by atoms with E-state index >= 15 is 4.39 Å². The fourth-order valence-corrected chi connectivity index (χ4v) is 5.27. The van der Waals surface area contributed by atoms with Crippen molar-refractivity contribution < 1.29 is 4.39 Å². The Bertz CT molecular complexity index is 1060. The highest BCUT2D eigenvalue weighted by atomic mass is 35.5. The van der Waals surface area contributed by atoms with Gasteiger partial charge in [0.2, 0.25) is 0 Å². The first-order chi connectivity index (χ1) is 16.8. The molecule has 2 aliphatic rings. The molecule has 2 heterocycles. The predicted octanol–water partition coefficient (Wildman–Crippen LogP) is 4.85. The van der Waals surface area contributed by atoms with Crippen molar-refractivity contribution in [3.63, 3.8) is 0 Å². The molecule has 6 nitrogen and oxygen atoms in total. The topological polar surface area (TPSA) is 60.1 Å². The molecule has 188 valence electrons. The minimum Gasteiger partial charge on any atom is -0.375 e. The van der Waals surface area contributed by atoms with E-state index in [2.05, 4.69) is 45.1 Å². The summed E-state index contributed by atoms with van der Waals surface area (Å²) in [5.74, 6) is 1.14. The maximum atomic E-state index is 15.4. The quantitative estimate of drug-likeness (QED) is 0.325. The second kappa shape index (κ2) is 11.4. The molecule has 0 amide bonds. The van der Waals surface area contributed by atoms with Crippen LogP contribution >= 0.6 is 23.8 Å². The Hall–Kier alpha value is -2.58. The number of hydrazone groups is 1. The standard InChI is InChI=1S/C26H34ClFN6S/c1-18(2)19-6-8-33(9-7-19)24-16-25(23(28)14-20(24)17-30-31-26(29)35)34-12-10-32(11-13-34)22-5-3-4-21(27)15-22/h3-5,14-19H,6-13H2,1-2H3,(H3,29,31,35). The van der Waals surface area contributed by atoms with E-state index in [9.17, 15) is 0 Å². The molecule has 0 radical (unpaired) electrons. The van der Waals surface area contributed by atoms with Gasteiger partial charge in [-0.05, 0) is 67.2 Å². The number of rotatable bonds is 6. The number of piperazine rings is 1. The molecule has 9 heteroatoms. The molecule has 0 aromatic heterocycles. The molecule has 2 fully saturated rings. The normalized spacial score (nSPS) is 17.5. The summed E-state index contributed by atoms with van der Waals surface area (Å²) in [5.41, 5.74) is 11.5. The zero-order chi connectivity index (χ0) is 24.9. The number of anilines is 3. The van der Waals surface area contributed by atoms with E-state index in [0.717, 1.165) is 80.0 Å². The third-order valence-electron chi connectivity index (χ3n) is 7.09. The number of thiocarbonyl (C=S) groups is 1. The summed E-state index contributed by atoms with van der Waals surface area (Å²) < 4.78 is 15.4. The fourth-order valence-electron chi connectivity index (χ4n) is 5.04. The third kappa shape index (κ3) is 6.35. The molecule has 2 saturated heterocycles. The van der Waals surface area contributed by atoms with Gasteiger partial charge in [0.05, 0.1) is 11.9 Å². The minimum absolute atomic E-state index is 0.0789. The van der Waals surface area contributed by atoms with Crippen LogP contribution in [0.15, 0.2) is 41.5 Å². The lowest BCUT2D eigenvalue weighted by Gasteiger charge is -2.39. The van der Waals surface area contributed by atoms with Crippen LogP contribution in [0.3, 0.4) is 0 Å². The van der Waals surface area contributed by atoms with Crippen molar-refractivity contribution >= 4 is 52.2 Å². The summed E-state index contributed by atoms with van der Waals surface area (Å²) in [6, 6.07) is 11.5. The molecule has 0 atom stereocenters. The highest BCUT2D eigenvalue weighted by Crippen LogP contribution is 2.34. The van der Waals surface area contributed by atoms with Crippen molar-refractivity contribution in [2.24, 2.45) is 22.7 Å². The van der Waals surface area contributed by atoms with Crippen molar-refractivity contribution in [2.75, 3.05) is 54.0 Å². The number of nitrogens with one attached hydrogen (secondary N) is 1. The van der Waals surface area contributed by atoms with E-state index in [1.54, 1.807) is 12.3 Å². The molecule has 0 aliphatic carbocycles. The Morgan fingerprint density at radius 2 is 1.71 bits per heavy atom. The molecular formula is C26H34ClFN6S. The number of halogens is 2. The molecule has 4 rings (SSSR count). The van der Waals surface area contributed by atoms with Gasteiger partial charge in [0.15, 0.2) is 5.11 Å². The minimum atomic E-state index is -0.251. The van der Waals surface area contributed by atoms with Crippen LogP contribution in [0, 0.1) is 17.7 Å². The molecule has 2 aromatic rings. The fraction of sp³-hybridized carbons (Fsp3) is 0.462. The molecule has 2 aliphatic heterocycles. The largest absolute Gasteiger partial charge is 0.375 e. The lowest BCUT2D eigenvalue weighted by Crippen LogP contribution is -2.47. The summed E-state index contributed by atoms with van der Waals surface area (Å²) in [6.45, 7) is 9.53. The highest BCUT2D eigenvalue weighted by Gasteiger charge is 2.26. The average molecular weight is 517 g/mol. The SMILES string of the molecule is CC(C)C1CCN(c2cc(N3CCN(c4cccc(Cl)c4)CC3)c(F)cc2C=NNC(N)=S)CC1. The van der Waals surface area contributed by atoms with Crippen LogP contribution in [0.2, 0.25) is 5.02 Å². The maximum Gasteiger partial charge on any atom is 0.184 e. The van der Waals surface area contributed by atoms with Crippen molar-refractivity contribution in [3.05, 3.63) is 52.8 Å². The molecule has 0 unspecified atom stereocenters. The smallest absolute Gasteiger partial charge is 0.184 e. The van der Waals surface area contributed by atoms with Gasteiger partial charge in [0.25, 0.3) is 0 Å². The van der Waals surface area contributed by atoms with E-state index in [4.69, 9.17) is 29.6 Å². The zero-order valence-corrected chi connectivity index (χ0v) is 22.0. The summed E-state index contributed by atoms with van der Waals surface area (Å²) in [4.78, 5) is 6.78. The van der Waals surface area contributed by atoms with E-state index < -0.39 is 0 Å². The lowest BCUT2D eigenvalue weighted by molar-refractivity contribution is 0.311. The van der Waals surface area contributed by atoms with Gasteiger partial charge < -0.3 is 20.4 Å². The Balaban J connectivity index is 1.55. The van der Waals surface area contributed by atoms with Crippen molar-refractivity contribution in [1.29, 1.82) is 0 Å². The number of hydrogen-bond acceptors (Lipinski definition) is 5. The summed E-state index contributed by atoms with van der Waals surface area (Å²) in [5, 5.41) is 4.91. The van der Waals surface area contributed by atoms with Crippen LogP contribution < -0.4 is 25.9 Å². The first-order valence-corrected chi connectivity index (χ1v) is 13.0. The Kier molecular flexibility index (Phi) is 8.34. The van der Waals surface area contributed by atoms with Gasteiger partial charge in [-0.25, -0.2) is 4.39 Å². The van der Waals surface area contributed by atoms with Crippen LogP contribution in [-0.2, 0) is 0 Å². The van der Waals surface area contributed by atoms with Crippen LogP contribution in [0.1, 0.15) is 32.3 Å². The second-order valence-corrected chi connectivity index (χ2v) is 10.5. The van der Waals surface area contributed by atoms with Crippen LogP contribution in [0.25, 0.3) is 0 Å². The third-order valence-corrected chi connectivity index (χ3v) is 7.42. The van der Waals surface area contributed by atoms with Gasteiger partial charge in [-0.2, -0.15) is 5.10 Å². The number of benzene rings is 2. The van der Waals surface area contributed by atoms with Crippen LogP contribution in [-0.4, -0.2) is 50.6 Å². The molecule has 0 saturated carbocycles. The van der Waals surface area contributed by atoms with Gasteiger partial charge in [-0.1, -0.05) is 31.5 Å². The van der Waals surface area contributed by atoms with E-state index in [1.165, 1.54) is 0 Å². The number of nitrogens with zero attached hydrogens (tertiary/aromatic N) is 4. The molecule has 0 bridgehead atoms. The maximum absolute atomic E-state index is 15.4.